The van der Waals surface area contributed by atoms with E-state index in [9.17, 15) is 19.5 Å². The number of carboxylic acid groups (broad SMARTS) is 1. The van der Waals surface area contributed by atoms with Crippen LogP contribution in [0.25, 0.3) is 0 Å². The number of benzene rings is 1. The van der Waals surface area contributed by atoms with E-state index in [1.54, 1.807) is 6.07 Å². The number of rotatable bonds is 5. The fourth-order valence-electron chi connectivity index (χ4n) is 2.97. The van der Waals surface area contributed by atoms with Crippen LogP contribution >= 0.6 is 11.6 Å². The number of carbonyl (C=O) groups is 3. The Bertz CT molecular complexity index is 639. The summed E-state index contributed by atoms with van der Waals surface area (Å²) in [5.74, 6) is -1.73. The molecule has 1 saturated carbocycles. The van der Waals surface area contributed by atoms with Crippen molar-refractivity contribution in [3.63, 3.8) is 0 Å². The summed E-state index contributed by atoms with van der Waals surface area (Å²) in [5.41, 5.74) is -0.447. The van der Waals surface area contributed by atoms with Crippen LogP contribution in [-0.2, 0) is 9.59 Å². The van der Waals surface area contributed by atoms with Gasteiger partial charge in [-0.15, -0.1) is 0 Å². The van der Waals surface area contributed by atoms with Gasteiger partial charge >= 0.3 is 5.97 Å². The first-order valence-corrected chi connectivity index (χ1v) is 7.81. The zero-order chi connectivity index (χ0) is 17.0. The van der Waals surface area contributed by atoms with Gasteiger partial charge < -0.3 is 15.7 Å². The summed E-state index contributed by atoms with van der Waals surface area (Å²) < 4.78 is 0. The zero-order valence-corrected chi connectivity index (χ0v) is 13.6. The molecule has 0 bridgehead atoms. The summed E-state index contributed by atoms with van der Waals surface area (Å²) in [4.78, 5) is 35.7. The average Bonchev–Trinajstić information content (AvgIpc) is 2.96. The number of anilines is 1. The Kier molecular flexibility index (Phi) is 5.26. The second-order valence-electron chi connectivity index (χ2n) is 5.79. The third-order valence-corrected chi connectivity index (χ3v) is 4.48. The molecule has 0 radical (unpaired) electrons. The van der Waals surface area contributed by atoms with Crippen molar-refractivity contribution in [1.29, 1.82) is 0 Å². The SMILES string of the molecule is CNC(=O)c1ccc(Cl)cc1NC(=O)CC1(C(=O)O)CCCC1. The molecule has 0 atom stereocenters. The van der Waals surface area contributed by atoms with Gasteiger partial charge in [0.25, 0.3) is 5.91 Å². The van der Waals surface area contributed by atoms with E-state index in [-0.39, 0.29) is 23.6 Å². The maximum Gasteiger partial charge on any atom is 0.310 e. The number of carboxylic acids is 1. The molecular formula is C16H19ClN2O4. The molecule has 0 heterocycles. The second kappa shape index (κ2) is 7.00. The van der Waals surface area contributed by atoms with E-state index in [1.807, 2.05) is 0 Å². The van der Waals surface area contributed by atoms with Gasteiger partial charge in [0.1, 0.15) is 0 Å². The van der Waals surface area contributed by atoms with Gasteiger partial charge in [0.05, 0.1) is 16.7 Å². The van der Waals surface area contributed by atoms with E-state index in [1.165, 1.54) is 19.2 Å². The van der Waals surface area contributed by atoms with E-state index >= 15 is 0 Å². The Balaban J connectivity index is 2.18. The average molecular weight is 339 g/mol. The van der Waals surface area contributed by atoms with Crippen LogP contribution in [0.3, 0.4) is 0 Å². The molecule has 2 rings (SSSR count). The maximum absolute atomic E-state index is 12.3. The minimum absolute atomic E-state index is 0.109. The molecule has 1 fully saturated rings. The number of carbonyl (C=O) groups excluding carboxylic acids is 2. The molecule has 1 aliphatic carbocycles. The van der Waals surface area contributed by atoms with Gasteiger partial charge in [-0.1, -0.05) is 24.4 Å². The van der Waals surface area contributed by atoms with Crippen LogP contribution in [0.1, 0.15) is 42.5 Å². The Labute approximate surface area is 139 Å². The minimum atomic E-state index is -1.00. The van der Waals surface area contributed by atoms with Crippen molar-refractivity contribution < 1.29 is 19.5 Å². The third kappa shape index (κ3) is 3.82. The molecule has 124 valence electrons. The fourth-order valence-corrected chi connectivity index (χ4v) is 3.14. The van der Waals surface area contributed by atoms with Crippen molar-refractivity contribution in [2.24, 2.45) is 5.41 Å². The highest BCUT2D eigenvalue weighted by Gasteiger charge is 2.43. The lowest BCUT2D eigenvalue weighted by Gasteiger charge is -2.23. The lowest BCUT2D eigenvalue weighted by molar-refractivity contribution is -0.150. The molecule has 1 aromatic carbocycles. The van der Waals surface area contributed by atoms with Gasteiger partial charge in [0.15, 0.2) is 0 Å². The highest BCUT2D eigenvalue weighted by atomic mass is 35.5. The van der Waals surface area contributed by atoms with Crippen molar-refractivity contribution >= 4 is 35.1 Å². The molecule has 7 heteroatoms. The van der Waals surface area contributed by atoms with Crippen LogP contribution in [0.4, 0.5) is 5.69 Å². The van der Waals surface area contributed by atoms with E-state index in [0.717, 1.165) is 12.8 Å². The largest absolute Gasteiger partial charge is 0.481 e. The van der Waals surface area contributed by atoms with Gasteiger partial charge in [-0.25, -0.2) is 0 Å². The van der Waals surface area contributed by atoms with Crippen LogP contribution in [0, 0.1) is 5.41 Å². The Hall–Kier alpha value is -2.08. The molecular weight excluding hydrogens is 320 g/mol. The van der Waals surface area contributed by atoms with E-state index in [4.69, 9.17) is 11.6 Å². The van der Waals surface area contributed by atoms with Crippen LogP contribution in [0.5, 0.6) is 0 Å². The van der Waals surface area contributed by atoms with E-state index < -0.39 is 17.3 Å². The van der Waals surface area contributed by atoms with Crippen molar-refractivity contribution in [3.8, 4) is 0 Å². The molecule has 0 unspecified atom stereocenters. The first-order valence-electron chi connectivity index (χ1n) is 7.43. The summed E-state index contributed by atoms with van der Waals surface area (Å²) in [6.45, 7) is 0. The predicted molar refractivity (Wildman–Crippen MR) is 86.6 cm³/mol. The van der Waals surface area contributed by atoms with E-state index in [0.29, 0.717) is 17.9 Å². The molecule has 23 heavy (non-hydrogen) atoms. The van der Waals surface area contributed by atoms with Gasteiger partial charge in [0, 0.05) is 18.5 Å². The van der Waals surface area contributed by atoms with Crippen molar-refractivity contribution in [1.82, 2.24) is 5.32 Å². The highest BCUT2D eigenvalue weighted by molar-refractivity contribution is 6.31. The zero-order valence-electron chi connectivity index (χ0n) is 12.8. The van der Waals surface area contributed by atoms with Crippen LogP contribution < -0.4 is 10.6 Å². The first kappa shape index (κ1) is 17.3. The molecule has 6 nitrogen and oxygen atoms in total. The molecule has 2 amide bonds. The molecule has 1 aromatic rings. The third-order valence-electron chi connectivity index (χ3n) is 4.24. The number of nitrogens with one attached hydrogen (secondary N) is 2. The normalized spacial score (nSPS) is 15.9. The summed E-state index contributed by atoms with van der Waals surface area (Å²) in [6.07, 6.45) is 2.49. The predicted octanol–water partition coefficient (Wildman–Crippen LogP) is 2.67. The second-order valence-corrected chi connectivity index (χ2v) is 6.22. The van der Waals surface area contributed by atoms with Crippen LogP contribution in [0.15, 0.2) is 18.2 Å². The summed E-state index contributed by atoms with van der Waals surface area (Å²) >= 11 is 5.92. The molecule has 1 aliphatic rings. The smallest absolute Gasteiger partial charge is 0.310 e. The number of amides is 2. The number of hydrogen-bond donors (Lipinski definition) is 3. The topological polar surface area (TPSA) is 95.5 Å². The van der Waals surface area contributed by atoms with Crippen LogP contribution in [0.2, 0.25) is 5.02 Å². The summed E-state index contributed by atoms with van der Waals surface area (Å²) in [5, 5.41) is 14.9. The maximum atomic E-state index is 12.3. The standard InChI is InChI=1S/C16H19ClN2O4/c1-18-14(21)11-5-4-10(17)8-12(11)19-13(20)9-16(15(22)23)6-2-3-7-16/h4-5,8H,2-3,6-7,9H2,1H3,(H,18,21)(H,19,20)(H,22,23). The lowest BCUT2D eigenvalue weighted by Crippen LogP contribution is -2.33. The molecule has 0 spiro atoms. The van der Waals surface area contributed by atoms with Gasteiger partial charge in [-0.2, -0.15) is 0 Å². The van der Waals surface area contributed by atoms with Crippen molar-refractivity contribution in [2.45, 2.75) is 32.1 Å². The Morgan fingerprint density at radius 2 is 1.91 bits per heavy atom. The quantitative estimate of drug-likeness (QED) is 0.769. The number of aliphatic carboxylic acids is 1. The van der Waals surface area contributed by atoms with Gasteiger partial charge in [-0.05, 0) is 31.0 Å². The molecule has 3 N–H and O–H groups in total. The van der Waals surface area contributed by atoms with Gasteiger partial charge in [-0.3, -0.25) is 14.4 Å². The molecule has 0 aromatic heterocycles. The van der Waals surface area contributed by atoms with Crippen molar-refractivity contribution in [2.75, 3.05) is 12.4 Å². The minimum Gasteiger partial charge on any atom is -0.481 e. The summed E-state index contributed by atoms with van der Waals surface area (Å²) in [6, 6.07) is 4.54. The first-order chi connectivity index (χ1) is 10.9. The Morgan fingerprint density at radius 1 is 1.26 bits per heavy atom. The monoisotopic (exact) mass is 338 g/mol. The summed E-state index contributed by atoms with van der Waals surface area (Å²) in [7, 11) is 1.49. The Morgan fingerprint density at radius 3 is 2.48 bits per heavy atom. The van der Waals surface area contributed by atoms with Crippen LogP contribution in [-0.4, -0.2) is 29.9 Å². The lowest BCUT2D eigenvalue weighted by atomic mass is 9.82. The molecule has 0 aliphatic heterocycles. The number of hydrogen-bond acceptors (Lipinski definition) is 3. The van der Waals surface area contributed by atoms with Crippen molar-refractivity contribution in [3.05, 3.63) is 28.8 Å². The molecule has 0 saturated heterocycles. The van der Waals surface area contributed by atoms with E-state index in [2.05, 4.69) is 10.6 Å². The van der Waals surface area contributed by atoms with Gasteiger partial charge in [0.2, 0.25) is 5.91 Å². The number of halogens is 1. The fraction of sp³-hybridized carbons (Fsp3) is 0.438. The highest BCUT2D eigenvalue weighted by Crippen LogP contribution is 2.41.